The van der Waals surface area contributed by atoms with Gasteiger partial charge in [0.1, 0.15) is 0 Å². The van der Waals surface area contributed by atoms with Gasteiger partial charge in [0.25, 0.3) is 0 Å². The number of nitrogens with one attached hydrogen (secondary N) is 1. The minimum absolute atomic E-state index is 0.000555. The van der Waals surface area contributed by atoms with Crippen LogP contribution in [0.15, 0.2) is 12.4 Å². The first kappa shape index (κ1) is 8.25. The van der Waals surface area contributed by atoms with Gasteiger partial charge >= 0.3 is 0 Å². The first-order valence-electron chi connectivity index (χ1n) is 4.26. The number of likely N-dealkylation sites (tertiary alicyclic amines) is 1. The number of rotatable bonds is 2. The van der Waals surface area contributed by atoms with E-state index in [-0.39, 0.29) is 11.9 Å². The molecule has 1 aromatic heterocycles. The zero-order chi connectivity index (χ0) is 9.26. The Hall–Kier alpha value is -1.36. The summed E-state index contributed by atoms with van der Waals surface area (Å²) in [7, 11) is 0. The molecule has 3 N–H and O–H groups in total. The van der Waals surface area contributed by atoms with E-state index >= 15 is 0 Å². The van der Waals surface area contributed by atoms with Gasteiger partial charge in [0.2, 0.25) is 5.91 Å². The molecule has 1 aliphatic rings. The van der Waals surface area contributed by atoms with E-state index in [1.54, 1.807) is 17.3 Å². The second-order valence-corrected chi connectivity index (χ2v) is 3.35. The lowest BCUT2D eigenvalue weighted by molar-refractivity contribution is -0.128. The Labute approximate surface area is 75.9 Å². The quantitative estimate of drug-likeness (QED) is 0.642. The molecule has 1 amide bonds. The maximum atomic E-state index is 11.3. The van der Waals surface area contributed by atoms with Gasteiger partial charge in [-0.25, -0.2) is 0 Å². The molecule has 1 saturated heterocycles. The summed E-state index contributed by atoms with van der Waals surface area (Å²) in [4.78, 5) is 13.1. The summed E-state index contributed by atoms with van der Waals surface area (Å²) in [6.45, 7) is 1.27. The number of hydrogen-bond donors (Lipinski definition) is 2. The van der Waals surface area contributed by atoms with Gasteiger partial charge < -0.3 is 10.6 Å². The van der Waals surface area contributed by atoms with Crippen LogP contribution in [0.1, 0.15) is 12.0 Å². The van der Waals surface area contributed by atoms with Crippen molar-refractivity contribution in [3.8, 4) is 0 Å². The molecule has 1 aromatic rings. The standard InChI is InChI=1S/C8H12N4O/c9-7-1-8(13)12(5-7)4-6-2-10-11-3-6/h2-3,7H,1,4-5,9H2,(H,10,11). The van der Waals surface area contributed by atoms with Gasteiger partial charge in [-0.05, 0) is 0 Å². The second kappa shape index (κ2) is 3.18. The van der Waals surface area contributed by atoms with E-state index in [0.717, 1.165) is 5.56 Å². The van der Waals surface area contributed by atoms with Gasteiger partial charge in [-0.1, -0.05) is 0 Å². The zero-order valence-corrected chi connectivity index (χ0v) is 7.23. The van der Waals surface area contributed by atoms with Crippen LogP contribution in [-0.2, 0) is 11.3 Å². The van der Waals surface area contributed by atoms with Gasteiger partial charge in [-0.3, -0.25) is 9.89 Å². The van der Waals surface area contributed by atoms with Gasteiger partial charge in [0.15, 0.2) is 0 Å². The van der Waals surface area contributed by atoms with Crippen LogP contribution in [0.2, 0.25) is 0 Å². The predicted molar refractivity (Wildman–Crippen MR) is 46.6 cm³/mol. The minimum Gasteiger partial charge on any atom is -0.337 e. The van der Waals surface area contributed by atoms with Gasteiger partial charge in [-0.15, -0.1) is 0 Å². The molecule has 1 unspecified atom stereocenters. The first-order chi connectivity index (χ1) is 6.25. The third kappa shape index (κ3) is 1.70. The topological polar surface area (TPSA) is 75.0 Å². The van der Waals surface area contributed by atoms with Crippen LogP contribution < -0.4 is 5.73 Å². The number of H-pyrrole nitrogens is 1. The van der Waals surface area contributed by atoms with Crippen LogP contribution in [0.4, 0.5) is 0 Å². The third-order valence-electron chi connectivity index (χ3n) is 2.17. The van der Waals surface area contributed by atoms with Crippen LogP contribution in [0.25, 0.3) is 0 Å². The number of carbonyl (C=O) groups is 1. The normalized spacial score (nSPS) is 22.7. The molecule has 2 rings (SSSR count). The first-order valence-corrected chi connectivity index (χ1v) is 4.26. The van der Waals surface area contributed by atoms with E-state index in [9.17, 15) is 4.79 Å². The van der Waals surface area contributed by atoms with E-state index in [1.165, 1.54) is 0 Å². The summed E-state index contributed by atoms with van der Waals surface area (Å²) >= 11 is 0. The molecular weight excluding hydrogens is 168 g/mol. The van der Waals surface area contributed by atoms with Crippen molar-refractivity contribution >= 4 is 5.91 Å². The molecule has 70 valence electrons. The summed E-state index contributed by atoms with van der Waals surface area (Å²) < 4.78 is 0. The lowest BCUT2D eigenvalue weighted by Gasteiger charge is -2.13. The monoisotopic (exact) mass is 180 g/mol. The summed E-state index contributed by atoms with van der Waals surface area (Å²) in [5, 5.41) is 6.52. The van der Waals surface area contributed by atoms with E-state index in [4.69, 9.17) is 5.73 Å². The van der Waals surface area contributed by atoms with Gasteiger partial charge in [-0.2, -0.15) is 5.10 Å². The Balaban J connectivity index is 1.99. The molecule has 0 saturated carbocycles. The van der Waals surface area contributed by atoms with Gasteiger partial charge in [0.05, 0.1) is 6.20 Å². The molecule has 1 fully saturated rings. The minimum atomic E-state index is -0.000555. The molecular formula is C8H12N4O. The third-order valence-corrected chi connectivity index (χ3v) is 2.17. The van der Waals surface area contributed by atoms with Crippen molar-refractivity contribution in [3.05, 3.63) is 18.0 Å². The second-order valence-electron chi connectivity index (χ2n) is 3.35. The summed E-state index contributed by atoms with van der Waals surface area (Å²) in [5.41, 5.74) is 6.67. The number of aromatic nitrogens is 2. The Bertz CT molecular complexity index is 295. The molecule has 0 radical (unpaired) electrons. The van der Waals surface area contributed by atoms with Crippen molar-refractivity contribution in [2.24, 2.45) is 5.73 Å². The van der Waals surface area contributed by atoms with Crippen molar-refractivity contribution in [1.29, 1.82) is 0 Å². The Morgan fingerprint density at radius 1 is 1.77 bits per heavy atom. The maximum Gasteiger partial charge on any atom is 0.224 e. The van der Waals surface area contributed by atoms with Gasteiger partial charge in [0, 0.05) is 37.3 Å². The fraction of sp³-hybridized carbons (Fsp3) is 0.500. The number of amides is 1. The van der Waals surface area contributed by atoms with E-state index < -0.39 is 0 Å². The van der Waals surface area contributed by atoms with Crippen LogP contribution in [0, 0.1) is 0 Å². The Morgan fingerprint density at radius 2 is 2.62 bits per heavy atom. The Morgan fingerprint density at radius 3 is 3.15 bits per heavy atom. The lowest BCUT2D eigenvalue weighted by Crippen LogP contribution is -2.27. The molecule has 2 heterocycles. The Kier molecular flexibility index (Phi) is 2.02. The average molecular weight is 180 g/mol. The zero-order valence-electron chi connectivity index (χ0n) is 7.23. The fourth-order valence-electron chi connectivity index (χ4n) is 1.54. The molecule has 13 heavy (non-hydrogen) atoms. The molecule has 1 atom stereocenters. The highest BCUT2D eigenvalue weighted by Crippen LogP contribution is 2.12. The van der Waals surface area contributed by atoms with Crippen molar-refractivity contribution in [1.82, 2.24) is 15.1 Å². The molecule has 0 aliphatic carbocycles. The summed E-state index contributed by atoms with van der Waals surface area (Å²) in [5.74, 6) is 0.133. The SMILES string of the molecule is NC1CC(=O)N(Cc2cn[nH]c2)C1. The van der Waals surface area contributed by atoms with Crippen molar-refractivity contribution in [2.45, 2.75) is 19.0 Å². The van der Waals surface area contributed by atoms with E-state index in [0.29, 0.717) is 19.5 Å². The fourth-order valence-corrected chi connectivity index (χ4v) is 1.54. The summed E-state index contributed by atoms with van der Waals surface area (Å²) in [6, 6.07) is -0.000555. The number of aromatic amines is 1. The number of nitrogens with two attached hydrogens (primary N) is 1. The molecule has 0 aromatic carbocycles. The molecule has 0 bridgehead atoms. The highest BCUT2D eigenvalue weighted by Gasteiger charge is 2.26. The van der Waals surface area contributed by atoms with Crippen LogP contribution in [0.5, 0.6) is 0 Å². The molecule has 5 heteroatoms. The maximum absolute atomic E-state index is 11.3. The van der Waals surface area contributed by atoms with Crippen molar-refractivity contribution in [3.63, 3.8) is 0 Å². The van der Waals surface area contributed by atoms with Crippen LogP contribution in [0.3, 0.4) is 0 Å². The number of hydrogen-bond acceptors (Lipinski definition) is 3. The predicted octanol–water partition coefficient (Wildman–Crippen LogP) is -0.531. The highest BCUT2D eigenvalue weighted by atomic mass is 16.2. The van der Waals surface area contributed by atoms with Crippen molar-refractivity contribution in [2.75, 3.05) is 6.54 Å². The van der Waals surface area contributed by atoms with Crippen LogP contribution in [-0.4, -0.2) is 33.6 Å². The molecule has 0 spiro atoms. The average Bonchev–Trinajstić information content (AvgIpc) is 2.63. The number of nitrogens with zero attached hydrogens (tertiary/aromatic N) is 2. The van der Waals surface area contributed by atoms with Crippen LogP contribution >= 0.6 is 0 Å². The number of carbonyl (C=O) groups excluding carboxylic acids is 1. The highest BCUT2D eigenvalue weighted by molar-refractivity contribution is 5.79. The lowest BCUT2D eigenvalue weighted by atomic mass is 10.3. The van der Waals surface area contributed by atoms with E-state index in [1.807, 2.05) is 0 Å². The molecule has 1 aliphatic heterocycles. The molecule has 5 nitrogen and oxygen atoms in total. The summed E-state index contributed by atoms with van der Waals surface area (Å²) in [6.07, 6.45) is 3.98. The smallest absolute Gasteiger partial charge is 0.224 e. The van der Waals surface area contributed by atoms with Crippen molar-refractivity contribution < 1.29 is 4.79 Å². The largest absolute Gasteiger partial charge is 0.337 e. The van der Waals surface area contributed by atoms with E-state index in [2.05, 4.69) is 10.2 Å².